The summed E-state index contributed by atoms with van der Waals surface area (Å²) in [6, 6.07) is 20.6. The van der Waals surface area contributed by atoms with Gasteiger partial charge < -0.3 is 11.1 Å². The lowest BCUT2D eigenvalue weighted by Gasteiger charge is -2.12. The van der Waals surface area contributed by atoms with Crippen LogP contribution in [0.1, 0.15) is 11.1 Å². The zero-order chi connectivity index (χ0) is 14.5. The van der Waals surface area contributed by atoms with Crippen LogP contribution in [0.4, 0.5) is 17.1 Å². The Hall–Kier alpha value is -2.81. The summed E-state index contributed by atoms with van der Waals surface area (Å²) in [6.45, 7) is 0. The van der Waals surface area contributed by atoms with E-state index in [1.165, 1.54) is 11.1 Å². The van der Waals surface area contributed by atoms with Crippen molar-refractivity contribution in [3.8, 4) is 0 Å². The molecule has 0 aliphatic carbocycles. The van der Waals surface area contributed by atoms with Crippen molar-refractivity contribution >= 4 is 17.1 Å². The normalized spacial score (nSPS) is 10.3. The minimum atomic E-state index is 0.653. The predicted octanol–water partition coefficient (Wildman–Crippen LogP) is 4.00. The molecule has 104 valence electrons. The Balaban J connectivity index is 1.86. The molecule has 0 spiro atoms. The van der Waals surface area contributed by atoms with Gasteiger partial charge in [-0.1, -0.05) is 48.5 Å². The molecule has 3 heteroatoms. The fraction of sp³-hybridized carbons (Fsp3) is 0.0556. The first-order valence-corrected chi connectivity index (χ1v) is 6.90. The summed E-state index contributed by atoms with van der Waals surface area (Å²) in [4.78, 5) is 4.11. The van der Waals surface area contributed by atoms with Crippen molar-refractivity contribution in [3.63, 3.8) is 0 Å². The third-order valence-electron chi connectivity index (χ3n) is 3.29. The Morgan fingerprint density at radius 2 is 1.67 bits per heavy atom. The van der Waals surface area contributed by atoms with Crippen LogP contribution in [-0.4, -0.2) is 4.98 Å². The van der Waals surface area contributed by atoms with E-state index in [9.17, 15) is 0 Å². The third-order valence-corrected chi connectivity index (χ3v) is 3.29. The Morgan fingerprint density at radius 1 is 0.905 bits per heavy atom. The summed E-state index contributed by atoms with van der Waals surface area (Å²) in [5.74, 6) is 0. The van der Waals surface area contributed by atoms with E-state index in [0.29, 0.717) is 5.69 Å². The van der Waals surface area contributed by atoms with Gasteiger partial charge in [0, 0.05) is 11.9 Å². The molecule has 0 aliphatic heterocycles. The molecule has 0 radical (unpaired) electrons. The fourth-order valence-corrected chi connectivity index (χ4v) is 2.29. The standard InChI is InChI=1S/C18H17N3/c19-16-11-17(13-20-12-16)21-18-9-5-4-8-15(18)10-14-6-2-1-3-7-14/h1-9,11-13,21H,10,19H2. The molecule has 0 amide bonds. The molecular weight excluding hydrogens is 258 g/mol. The number of aromatic nitrogens is 1. The van der Waals surface area contributed by atoms with Gasteiger partial charge in [0.05, 0.1) is 17.6 Å². The topological polar surface area (TPSA) is 50.9 Å². The highest BCUT2D eigenvalue weighted by Crippen LogP contribution is 2.23. The number of nitrogens with zero attached hydrogens (tertiary/aromatic N) is 1. The van der Waals surface area contributed by atoms with Crippen molar-refractivity contribution in [2.75, 3.05) is 11.1 Å². The number of nitrogens with two attached hydrogens (primary N) is 1. The number of nitrogens with one attached hydrogen (secondary N) is 1. The van der Waals surface area contributed by atoms with Crippen molar-refractivity contribution in [2.45, 2.75) is 6.42 Å². The molecule has 3 aromatic rings. The molecule has 0 saturated heterocycles. The molecule has 0 atom stereocenters. The lowest BCUT2D eigenvalue weighted by atomic mass is 10.0. The van der Waals surface area contributed by atoms with E-state index in [2.05, 4.69) is 52.8 Å². The van der Waals surface area contributed by atoms with E-state index in [1.807, 2.05) is 18.2 Å². The second kappa shape index (κ2) is 6.09. The Labute approximate surface area is 124 Å². The zero-order valence-electron chi connectivity index (χ0n) is 11.7. The molecule has 1 heterocycles. The molecule has 0 fully saturated rings. The number of rotatable bonds is 4. The maximum Gasteiger partial charge on any atom is 0.0591 e. The van der Waals surface area contributed by atoms with Crippen LogP contribution in [0.5, 0.6) is 0 Å². The maximum absolute atomic E-state index is 5.77. The van der Waals surface area contributed by atoms with E-state index < -0.39 is 0 Å². The largest absolute Gasteiger partial charge is 0.397 e. The first kappa shape index (κ1) is 13.2. The van der Waals surface area contributed by atoms with Gasteiger partial charge in [-0.2, -0.15) is 0 Å². The molecule has 3 nitrogen and oxygen atoms in total. The highest BCUT2D eigenvalue weighted by atomic mass is 14.9. The first-order chi connectivity index (χ1) is 10.3. The number of para-hydroxylation sites is 1. The molecule has 0 bridgehead atoms. The summed E-state index contributed by atoms with van der Waals surface area (Å²) >= 11 is 0. The van der Waals surface area contributed by atoms with Gasteiger partial charge in [-0.15, -0.1) is 0 Å². The summed E-state index contributed by atoms with van der Waals surface area (Å²) in [5, 5.41) is 3.39. The van der Waals surface area contributed by atoms with Crippen molar-refractivity contribution < 1.29 is 0 Å². The molecule has 3 rings (SSSR count). The van der Waals surface area contributed by atoms with Crippen LogP contribution in [0.2, 0.25) is 0 Å². The van der Waals surface area contributed by atoms with Crippen LogP contribution in [0.25, 0.3) is 0 Å². The van der Waals surface area contributed by atoms with Crippen molar-refractivity contribution in [1.82, 2.24) is 4.98 Å². The third kappa shape index (κ3) is 3.39. The number of hydrogen-bond acceptors (Lipinski definition) is 3. The lowest BCUT2D eigenvalue weighted by molar-refractivity contribution is 1.19. The van der Waals surface area contributed by atoms with Gasteiger partial charge in [0.1, 0.15) is 0 Å². The maximum atomic E-state index is 5.77. The van der Waals surface area contributed by atoms with Gasteiger partial charge in [-0.25, -0.2) is 0 Å². The molecule has 2 aromatic carbocycles. The minimum absolute atomic E-state index is 0.653. The first-order valence-electron chi connectivity index (χ1n) is 6.90. The molecular formula is C18H17N3. The van der Waals surface area contributed by atoms with Gasteiger partial charge in [0.2, 0.25) is 0 Å². The summed E-state index contributed by atoms with van der Waals surface area (Å²) in [6.07, 6.45) is 4.30. The molecule has 0 unspecified atom stereocenters. The molecule has 1 aromatic heterocycles. The monoisotopic (exact) mass is 275 g/mol. The van der Waals surface area contributed by atoms with Gasteiger partial charge >= 0.3 is 0 Å². The number of pyridine rings is 1. The lowest BCUT2D eigenvalue weighted by Crippen LogP contribution is -1.98. The highest BCUT2D eigenvalue weighted by Gasteiger charge is 2.04. The van der Waals surface area contributed by atoms with Crippen molar-refractivity contribution in [2.24, 2.45) is 0 Å². The Morgan fingerprint density at radius 3 is 2.48 bits per heavy atom. The molecule has 0 aliphatic rings. The quantitative estimate of drug-likeness (QED) is 0.756. The van der Waals surface area contributed by atoms with E-state index in [1.54, 1.807) is 12.4 Å². The molecule has 3 N–H and O–H groups in total. The number of nitrogen functional groups attached to an aromatic ring is 1. The Kier molecular flexibility index (Phi) is 3.83. The predicted molar refractivity (Wildman–Crippen MR) is 87.6 cm³/mol. The summed E-state index contributed by atoms with van der Waals surface area (Å²) in [5.41, 5.74) is 10.9. The SMILES string of the molecule is Nc1cncc(Nc2ccccc2Cc2ccccc2)c1. The second-order valence-electron chi connectivity index (χ2n) is 4.95. The van der Waals surface area contributed by atoms with Gasteiger partial charge in [0.15, 0.2) is 0 Å². The zero-order valence-corrected chi connectivity index (χ0v) is 11.7. The molecule has 21 heavy (non-hydrogen) atoms. The van der Waals surface area contributed by atoms with Gasteiger partial charge in [-0.05, 0) is 29.7 Å². The average Bonchev–Trinajstić information content (AvgIpc) is 2.50. The van der Waals surface area contributed by atoms with E-state index in [-0.39, 0.29) is 0 Å². The fourth-order valence-electron chi connectivity index (χ4n) is 2.29. The van der Waals surface area contributed by atoms with Crippen LogP contribution < -0.4 is 11.1 Å². The number of anilines is 3. The van der Waals surface area contributed by atoms with Gasteiger partial charge in [-0.3, -0.25) is 4.98 Å². The van der Waals surface area contributed by atoms with Crippen molar-refractivity contribution in [3.05, 3.63) is 84.2 Å². The number of hydrogen-bond donors (Lipinski definition) is 2. The van der Waals surface area contributed by atoms with E-state index in [0.717, 1.165) is 17.8 Å². The van der Waals surface area contributed by atoms with Crippen LogP contribution in [0.3, 0.4) is 0 Å². The molecule has 0 saturated carbocycles. The Bertz CT molecular complexity index is 723. The van der Waals surface area contributed by atoms with E-state index in [4.69, 9.17) is 5.73 Å². The van der Waals surface area contributed by atoms with Crippen LogP contribution in [0, 0.1) is 0 Å². The summed E-state index contributed by atoms with van der Waals surface area (Å²) in [7, 11) is 0. The van der Waals surface area contributed by atoms with Crippen LogP contribution in [0.15, 0.2) is 73.1 Å². The second-order valence-corrected chi connectivity index (χ2v) is 4.95. The highest BCUT2D eigenvalue weighted by molar-refractivity contribution is 5.65. The minimum Gasteiger partial charge on any atom is -0.397 e. The van der Waals surface area contributed by atoms with Crippen LogP contribution in [-0.2, 0) is 6.42 Å². The van der Waals surface area contributed by atoms with Crippen LogP contribution >= 0.6 is 0 Å². The van der Waals surface area contributed by atoms with Crippen molar-refractivity contribution in [1.29, 1.82) is 0 Å². The average molecular weight is 275 g/mol. The smallest absolute Gasteiger partial charge is 0.0591 e. The van der Waals surface area contributed by atoms with E-state index >= 15 is 0 Å². The summed E-state index contributed by atoms with van der Waals surface area (Å²) < 4.78 is 0. The van der Waals surface area contributed by atoms with Gasteiger partial charge in [0.25, 0.3) is 0 Å². The number of benzene rings is 2.